The molecule has 5 nitrogen and oxygen atoms in total. The first-order valence-electron chi connectivity index (χ1n) is 6.93. The zero-order valence-corrected chi connectivity index (χ0v) is 12.9. The van der Waals surface area contributed by atoms with E-state index in [4.69, 9.17) is 0 Å². The molecule has 112 valence electrons. The van der Waals surface area contributed by atoms with E-state index in [1.54, 1.807) is 6.21 Å². The molecule has 0 aromatic heterocycles. The van der Waals surface area contributed by atoms with Gasteiger partial charge in [0.25, 0.3) is 0 Å². The van der Waals surface area contributed by atoms with E-state index in [1.807, 2.05) is 24.3 Å². The summed E-state index contributed by atoms with van der Waals surface area (Å²) in [5, 5.41) is 6.28. The lowest BCUT2D eigenvalue weighted by Gasteiger charge is -2.23. The summed E-state index contributed by atoms with van der Waals surface area (Å²) in [6.07, 6.45) is 2.61. The Balaban J connectivity index is 1.87. The highest BCUT2D eigenvalue weighted by Crippen LogP contribution is 2.36. The van der Waals surface area contributed by atoms with Gasteiger partial charge in [-0.1, -0.05) is 26.0 Å². The zero-order valence-electron chi connectivity index (χ0n) is 12.1. The molecule has 0 radical (unpaired) electrons. The molecule has 1 heterocycles. The number of hydrazone groups is 1. The normalized spacial score (nSPS) is 17.7. The highest BCUT2D eigenvalue weighted by atomic mass is 32.2. The van der Waals surface area contributed by atoms with Crippen LogP contribution in [0.4, 0.5) is 5.69 Å². The second kappa shape index (κ2) is 7.26. The van der Waals surface area contributed by atoms with Gasteiger partial charge in [0.05, 0.1) is 10.9 Å². The third-order valence-electron chi connectivity index (χ3n) is 2.93. The van der Waals surface area contributed by atoms with Gasteiger partial charge in [-0.25, -0.2) is 5.43 Å². The Labute approximate surface area is 128 Å². The SMILES string of the molecule is CC(C)C/C=N\NC(=O)C[C@H]1Sc2ccccc2NC1=O. The predicted molar refractivity (Wildman–Crippen MR) is 85.4 cm³/mol. The molecule has 0 saturated carbocycles. The summed E-state index contributed by atoms with van der Waals surface area (Å²) in [6, 6.07) is 7.57. The Hall–Kier alpha value is -1.82. The van der Waals surface area contributed by atoms with Crippen molar-refractivity contribution in [1.29, 1.82) is 0 Å². The van der Waals surface area contributed by atoms with Gasteiger partial charge < -0.3 is 5.32 Å². The molecule has 0 aliphatic carbocycles. The lowest BCUT2D eigenvalue weighted by molar-refractivity contribution is -0.124. The van der Waals surface area contributed by atoms with Gasteiger partial charge in [0.2, 0.25) is 11.8 Å². The van der Waals surface area contributed by atoms with Gasteiger partial charge >= 0.3 is 0 Å². The lowest BCUT2D eigenvalue weighted by atomic mass is 10.2. The standard InChI is InChI=1S/C15H19N3O2S/c1-10(2)7-8-16-18-14(19)9-13-15(20)17-11-5-3-4-6-12(11)21-13/h3-6,8,10,13H,7,9H2,1-2H3,(H,17,20)(H,18,19)/b16-8-/t13-/m1/s1. The Morgan fingerprint density at radius 3 is 3.00 bits per heavy atom. The van der Waals surface area contributed by atoms with Crippen molar-refractivity contribution in [2.24, 2.45) is 11.0 Å². The van der Waals surface area contributed by atoms with Crippen LogP contribution in [-0.4, -0.2) is 23.3 Å². The van der Waals surface area contributed by atoms with E-state index < -0.39 is 5.25 Å². The van der Waals surface area contributed by atoms with E-state index in [0.29, 0.717) is 5.92 Å². The van der Waals surface area contributed by atoms with Crippen LogP contribution >= 0.6 is 11.8 Å². The molecule has 0 unspecified atom stereocenters. The van der Waals surface area contributed by atoms with Crippen molar-refractivity contribution in [3.05, 3.63) is 24.3 Å². The van der Waals surface area contributed by atoms with Crippen molar-refractivity contribution >= 4 is 35.5 Å². The smallest absolute Gasteiger partial charge is 0.241 e. The molecule has 6 heteroatoms. The van der Waals surface area contributed by atoms with E-state index >= 15 is 0 Å². The monoisotopic (exact) mass is 305 g/mol. The third-order valence-corrected chi connectivity index (χ3v) is 4.21. The summed E-state index contributed by atoms with van der Waals surface area (Å²) in [5.74, 6) is 0.115. The van der Waals surface area contributed by atoms with Gasteiger partial charge in [0, 0.05) is 17.5 Å². The average Bonchev–Trinajstić information content (AvgIpc) is 2.44. The molecule has 1 aromatic rings. The number of thioether (sulfide) groups is 1. The molecule has 2 rings (SSSR count). The van der Waals surface area contributed by atoms with E-state index in [1.165, 1.54) is 11.8 Å². The van der Waals surface area contributed by atoms with Crippen molar-refractivity contribution in [1.82, 2.24) is 5.43 Å². The Kier molecular flexibility index (Phi) is 5.38. The topological polar surface area (TPSA) is 70.6 Å². The van der Waals surface area contributed by atoms with Gasteiger partial charge in [-0.3, -0.25) is 9.59 Å². The second-order valence-corrected chi connectivity index (χ2v) is 6.52. The Morgan fingerprint density at radius 1 is 1.48 bits per heavy atom. The number of amides is 2. The molecule has 21 heavy (non-hydrogen) atoms. The fourth-order valence-corrected chi connectivity index (χ4v) is 2.93. The number of benzene rings is 1. The van der Waals surface area contributed by atoms with E-state index in [-0.39, 0.29) is 18.2 Å². The van der Waals surface area contributed by atoms with Gasteiger partial charge in [0.1, 0.15) is 0 Å². The van der Waals surface area contributed by atoms with E-state index in [9.17, 15) is 9.59 Å². The van der Waals surface area contributed by atoms with Crippen LogP contribution in [0.1, 0.15) is 26.7 Å². The van der Waals surface area contributed by atoms with E-state index in [0.717, 1.165) is 17.0 Å². The first kappa shape index (κ1) is 15.6. The maximum absolute atomic E-state index is 12.0. The number of hydrogen-bond donors (Lipinski definition) is 2. The first-order chi connectivity index (χ1) is 10.1. The van der Waals surface area contributed by atoms with Crippen LogP contribution in [0.3, 0.4) is 0 Å². The second-order valence-electron chi connectivity index (χ2n) is 5.27. The number of fused-ring (bicyclic) bond motifs is 1. The van der Waals surface area contributed by atoms with Crippen molar-refractivity contribution in [3.63, 3.8) is 0 Å². The van der Waals surface area contributed by atoms with Crippen LogP contribution < -0.4 is 10.7 Å². The molecule has 0 saturated heterocycles. The van der Waals surface area contributed by atoms with Crippen LogP contribution in [-0.2, 0) is 9.59 Å². The number of carbonyl (C=O) groups excluding carboxylic acids is 2. The van der Waals surface area contributed by atoms with Gasteiger partial charge in [-0.15, -0.1) is 11.8 Å². The summed E-state index contributed by atoms with van der Waals surface area (Å²) in [5.41, 5.74) is 3.27. The number of para-hydroxylation sites is 1. The Bertz CT molecular complexity index is 558. The third kappa shape index (κ3) is 4.60. The number of nitrogens with zero attached hydrogens (tertiary/aromatic N) is 1. The van der Waals surface area contributed by atoms with Gasteiger partial charge in [-0.2, -0.15) is 5.10 Å². The van der Waals surface area contributed by atoms with Crippen molar-refractivity contribution in [3.8, 4) is 0 Å². The predicted octanol–water partition coefficient (Wildman–Crippen LogP) is 2.64. The minimum Gasteiger partial charge on any atom is -0.324 e. The van der Waals surface area contributed by atoms with Crippen LogP contribution in [0, 0.1) is 5.92 Å². The summed E-state index contributed by atoms with van der Waals surface area (Å²) in [4.78, 5) is 24.7. The highest BCUT2D eigenvalue weighted by Gasteiger charge is 2.28. The van der Waals surface area contributed by atoms with Crippen LogP contribution in [0.2, 0.25) is 0 Å². The average molecular weight is 305 g/mol. The largest absolute Gasteiger partial charge is 0.324 e. The quantitative estimate of drug-likeness (QED) is 0.649. The number of anilines is 1. The summed E-state index contributed by atoms with van der Waals surface area (Å²) >= 11 is 1.41. The minimum atomic E-state index is -0.416. The molecular weight excluding hydrogens is 286 g/mol. The summed E-state index contributed by atoms with van der Waals surface area (Å²) in [7, 11) is 0. The molecule has 0 spiro atoms. The summed E-state index contributed by atoms with van der Waals surface area (Å²) < 4.78 is 0. The van der Waals surface area contributed by atoms with Gasteiger partial charge in [-0.05, 0) is 24.5 Å². The zero-order chi connectivity index (χ0) is 15.2. The number of nitrogens with one attached hydrogen (secondary N) is 2. The highest BCUT2D eigenvalue weighted by molar-refractivity contribution is 8.01. The van der Waals surface area contributed by atoms with Gasteiger partial charge in [0.15, 0.2) is 0 Å². The number of carbonyl (C=O) groups is 2. The van der Waals surface area contributed by atoms with Crippen LogP contribution in [0.15, 0.2) is 34.3 Å². The molecule has 1 aromatic carbocycles. The molecule has 2 amide bonds. The fraction of sp³-hybridized carbons (Fsp3) is 0.400. The minimum absolute atomic E-state index is 0.115. The molecule has 2 N–H and O–H groups in total. The van der Waals surface area contributed by atoms with Crippen LogP contribution in [0.25, 0.3) is 0 Å². The van der Waals surface area contributed by atoms with Crippen molar-refractivity contribution in [2.45, 2.75) is 36.8 Å². The fourth-order valence-electron chi connectivity index (χ4n) is 1.82. The maximum atomic E-state index is 12.0. The number of hydrogen-bond acceptors (Lipinski definition) is 4. The van der Waals surface area contributed by atoms with Crippen molar-refractivity contribution < 1.29 is 9.59 Å². The number of rotatable bonds is 5. The van der Waals surface area contributed by atoms with E-state index in [2.05, 4.69) is 29.7 Å². The summed E-state index contributed by atoms with van der Waals surface area (Å²) in [6.45, 7) is 4.16. The molecule has 0 bridgehead atoms. The molecule has 0 fully saturated rings. The van der Waals surface area contributed by atoms with Crippen molar-refractivity contribution in [2.75, 3.05) is 5.32 Å². The lowest BCUT2D eigenvalue weighted by Crippen LogP contribution is -2.33. The Morgan fingerprint density at radius 2 is 2.24 bits per heavy atom. The maximum Gasteiger partial charge on any atom is 0.241 e. The first-order valence-corrected chi connectivity index (χ1v) is 7.81. The van der Waals surface area contributed by atoms with Crippen LogP contribution in [0.5, 0.6) is 0 Å². The molecule has 1 aliphatic rings. The molecular formula is C15H19N3O2S. The molecule has 1 atom stereocenters. The molecule has 1 aliphatic heterocycles.